The summed E-state index contributed by atoms with van der Waals surface area (Å²) in [5, 5.41) is 0.631. The van der Waals surface area contributed by atoms with Crippen molar-refractivity contribution in [2.45, 2.75) is 13.0 Å². The van der Waals surface area contributed by atoms with Gasteiger partial charge < -0.3 is 9.30 Å². The van der Waals surface area contributed by atoms with E-state index in [0.717, 1.165) is 11.0 Å². The van der Waals surface area contributed by atoms with Gasteiger partial charge >= 0.3 is 5.97 Å². The van der Waals surface area contributed by atoms with Gasteiger partial charge in [0.15, 0.2) is 11.9 Å². The van der Waals surface area contributed by atoms with Crippen LogP contribution in [0.5, 0.6) is 0 Å². The SMILES string of the molecule is C[C@@H](OC(=O)c1ccccc1)c1nc2cc(Cl)ccc2n1C. The van der Waals surface area contributed by atoms with Crippen LogP contribution in [0, 0.1) is 0 Å². The third kappa shape index (κ3) is 2.70. The molecular weight excluding hydrogens is 300 g/mol. The fourth-order valence-corrected chi connectivity index (χ4v) is 2.58. The fraction of sp³-hybridized carbons (Fsp3) is 0.176. The van der Waals surface area contributed by atoms with Crippen LogP contribution < -0.4 is 0 Å². The van der Waals surface area contributed by atoms with Gasteiger partial charge in [0.05, 0.1) is 16.6 Å². The minimum absolute atomic E-state index is 0.363. The normalized spacial score (nSPS) is 12.3. The number of nitrogens with zero attached hydrogens (tertiary/aromatic N) is 2. The number of imidazole rings is 1. The second-order valence-corrected chi connectivity index (χ2v) is 5.51. The Kier molecular flexibility index (Phi) is 3.86. The first kappa shape index (κ1) is 14.6. The van der Waals surface area contributed by atoms with Crippen LogP contribution in [0.4, 0.5) is 0 Å². The van der Waals surface area contributed by atoms with E-state index in [1.54, 1.807) is 30.3 Å². The number of benzene rings is 2. The van der Waals surface area contributed by atoms with Crippen LogP contribution in [-0.4, -0.2) is 15.5 Å². The number of fused-ring (bicyclic) bond motifs is 1. The lowest BCUT2D eigenvalue weighted by molar-refractivity contribution is 0.0315. The predicted molar refractivity (Wildman–Crippen MR) is 86.0 cm³/mol. The number of ether oxygens (including phenoxy) is 1. The Labute approximate surface area is 133 Å². The molecule has 0 aliphatic rings. The van der Waals surface area contributed by atoms with Crippen LogP contribution >= 0.6 is 11.6 Å². The Bertz CT molecular complexity index is 827. The lowest BCUT2D eigenvalue weighted by Crippen LogP contribution is -2.12. The quantitative estimate of drug-likeness (QED) is 0.682. The summed E-state index contributed by atoms with van der Waals surface area (Å²) in [7, 11) is 1.89. The van der Waals surface area contributed by atoms with E-state index in [1.165, 1.54) is 0 Å². The van der Waals surface area contributed by atoms with Crippen molar-refractivity contribution in [2.75, 3.05) is 0 Å². The zero-order valence-corrected chi connectivity index (χ0v) is 13.0. The van der Waals surface area contributed by atoms with Gasteiger partial charge in [-0.1, -0.05) is 29.8 Å². The molecule has 4 nitrogen and oxygen atoms in total. The van der Waals surface area contributed by atoms with Gasteiger partial charge in [-0.25, -0.2) is 9.78 Å². The summed E-state index contributed by atoms with van der Waals surface area (Å²) >= 11 is 5.99. The lowest BCUT2D eigenvalue weighted by Gasteiger charge is -2.13. The number of carbonyl (C=O) groups is 1. The lowest BCUT2D eigenvalue weighted by atomic mass is 10.2. The zero-order valence-electron chi connectivity index (χ0n) is 12.3. The molecule has 1 heterocycles. The number of hydrogen-bond donors (Lipinski definition) is 0. The smallest absolute Gasteiger partial charge is 0.338 e. The van der Waals surface area contributed by atoms with E-state index >= 15 is 0 Å². The third-order valence-electron chi connectivity index (χ3n) is 3.53. The molecule has 0 bridgehead atoms. The van der Waals surface area contributed by atoms with Gasteiger partial charge in [0, 0.05) is 12.1 Å². The van der Waals surface area contributed by atoms with E-state index < -0.39 is 6.10 Å². The highest BCUT2D eigenvalue weighted by atomic mass is 35.5. The van der Waals surface area contributed by atoms with Crippen molar-refractivity contribution >= 4 is 28.6 Å². The molecule has 0 saturated heterocycles. The average Bonchev–Trinajstić information content (AvgIpc) is 2.84. The monoisotopic (exact) mass is 314 g/mol. The molecule has 0 spiro atoms. The Balaban J connectivity index is 1.88. The molecule has 5 heteroatoms. The standard InChI is InChI=1S/C17H15ClN2O2/c1-11(22-17(21)12-6-4-3-5-7-12)16-19-14-10-13(18)8-9-15(14)20(16)2/h3-11H,1-2H3/t11-/m1/s1. The Morgan fingerprint density at radius 2 is 1.95 bits per heavy atom. The summed E-state index contributed by atoms with van der Waals surface area (Å²) in [4.78, 5) is 16.6. The molecule has 0 amide bonds. The van der Waals surface area contributed by atoms with Crippen molar-refractivity contribution < 1.29 is 9.53 Å². The van der Waals surface area contributed by atoms with Gasteiger partial charge in [0.25, 0.3) is 0 Å². The number of carbonyl (C=O) groups excluding carboxylic acids is 1. The minimum Gasteiger partial charge on any atom is -0.451 e. The third-order valence-corrected chi connectivity index (χ3v) is 3.77. The van der Waals surface area contributed by atoms with Crippen molar-refractivity contribution in [2.24, 2.45) is 7.05 Å². The Morgan fingerprint density at radius 3 is 2.68 bits per heavy atom. The summed E-state index contributed by atoms with van der Waals surface area (Å²) in [5.74, 6) is 0.319. The summed E-state index contributed by atoms with van der Waals surface area (Å²) in [5.41, 5.74) is 2.26. The maximum atomic E-state index is 12.1. The molecule has 0 unspecified atom stereocenters. The molecule has 112 valence electrons. The molecule has 0 fully saturated rings. The molecule has 1 aromatic heterocycles. The van der Waals surface area contributed by atoms with Crippen molar-refractivity contribution in [3.05, 3.63) is 64.9 Å². The molecular formula is C17H15ClN2O2. The van der Waals surface area contributed by atoms with E-state index in [4.69, 9.17) is 16.3 Å². The molecule has 0 saturated carbocycles. The number of esters is 1. The maximum Gasteiger partial charge on any atom is 0.338 e. The van der Waals surface area contributed by atoms with Gasteiger partial charge in [0.2, 0.25) is 0 Å². The summed E-state index contributed by atoms with van der Waals surface area (Å²) in [6, 6.07) is 14.4. The van der Waals surface area contributed by atoms with E-state index in [-0.39, 0.29) is 5.97 Å². The maximum absolute atomic E-state index is 12.1. The van der Waals surface area contributed by atoms with E-state index in [0.29, 0.717) is 16.4 Å². The van der Waals surface area contributed by atoms with Gasteiger partial charge in [0.1, 0.15) is 0 Å². The number of hydrogen-bond acceptors (Lipinski definition) is 3. The number of aromatic nitrogens is 2. The second-order valence-electron chi connectivity index (χ2n) is 5.08. The Hall–Kier alpha value is -2.33. The molecule has 0 radical (unpaired) electrons. The molecule has 2 aromatic carbocycles. The van der Waals surface area contributed by atoms with Gasteiger partial charge in [-0.15, -0.1) is 0 Å². The van der Waals surface area contributed by atoms with Gasteiger partial charge in [-0.2, -0.15) is 0 Å². The largest absolute Gasteiger partial charge is 0.451 e. The predicted octanol–water partition coefficient (Wildman–Crippen LogP) is 4.14. The van der Waals surface area contributed by atoms with E-state index in [1.807, 2.05) is 36.7 Å². The van der Waals surface area contributed by atoms with Crippen LogP contribution in [0.3, 0.4) is 0 Å². The van der Waals surface area contributed by atoms with Gasteiger partial charge in [-0.05, 0) is 37.3 Å². The zero-order chi connectivity index (χ0) is 15.7. The topological polar surface area (TPSA) is 44.1 Å². The van der Waals surface area contributed by atoms with Crippen LogP contribution in [0.2, 0.25) is 5.02 Å². The molecule has 3 aromatic rings. The Morgan fingerprint density at radius 1 is 1.23 bits per heavy atom. The fourth-order valence-electron chi connectivity index (χ4n) is 2.41. The van der Waals surface area contributed by atoms with Crippen LogP contribution in [0.25, 0.3) is 11.0 Å². The molecule has 0 N–H and O–H groups in total. The molecule has 1 atom stereocenters. The van der Waals surface area contributed by atoms with Crippen molar-refractivity contribution in [1.29, 1.82) is 0 Å². The highest BCUT2D eigenvalue weighted by Gasteiger charge is 2.19. The average molecular weight is 315 g/mol. The number of aryl methyl sites for hydroxylation is 1. The van der Waals surface area contributed by atoms with Crippen LogP contribution in [0.1, 0.15) is 29.2 Å². The second kappa shape index (κ2) is 5.81. The first-order valence-electron chi connectivity index (χ1n) is 6.94. The van der Waals surface area contributed by atoms with Crippen LogP contribution in [-0.2, 0) is 11.8 Å². The van der Waals surface area contributed by atoms with Gasteiger partial charge in [-0.3, -0.25) is 0 Å². The summed E-state index contributed by atoms with van der Waals surface area (Å²) < 4.78 is 7.42. The minimum atomic E-state index is -0.455. The van der Waals surface area contributed by atoms with Crippen molar-refractivity contribution in [3.8, 4) is 0 Å². The highest BCUT2D eigenvalue weighted by molar-refractivity contribution is 6.31. The molecule has 0 aliphatic carbocycles. The van der Waals surface area contributed by atoms with E-state index in [2.05, 4.69) is 4.98 Å². The number of rotatable bonds is 3. The summed E-state index contributed by atoms with van der Waals surface area (Å²) in [6.07, 6.45) is -0.455. The van der Waals surface area contributed by atoms with E-state index in [9.17, 15) is 4.79 Å². The van der Waals surface area contributed by atoms with Crippen molar-refractivity contribution in [1.82, 2.24) is 9.55 Å². The molecule has 22 heavy (non-hydrogen) atoms. The first-order chi connectivity index (χ1) is 10.6. The molecule has 3 rings (SSSR count). The van der Waals surface area contributed by atoms with Crippen molar-refractivity contribution in [3.63, 3.8) is 0 Å². The number of halogens is 1. The van der Waals surface area contributed by atoms with Crippen LogP contribution in [0.15, 0.2) is 48.5 Å². The summed E-state index contributed by atoms with van der Waals surface area (Å²) in [6.45, 7) is 1.81. The first-order valence-corrected chi connectivity index (χ1v) is 7.32. The highest BCUT2D eigenvalue weighted by Crippen LogP contribution is 2.24. The molecule has 0 aliphatic heterocycles.